The second-order valence-electron chi connectivity index (χ2n) is 5.51. The van der Waals surface area contributed by atoms with E-state index in [1.54, 1.807) is 24.1 Å². The maximum absolute atomic E-state index is 13.7. The summed E-state index contributed by atoms with van der Waals surface area (Å²) in [6, 6.07) is 4.77. The van der Waals surface area contributed by atoms with Crippen molar-refractivity contribution in [2.45, 2.75) is 38.3 Å². The molecule has 0 radical (unpaired) electrons. The summed E-state index contributed by atoms with van der Waals surface area (Å²) in [6.45, 7) is 0.201. The van der Waals surface area contributed by atoms with Crippen molar-refractivity contribution in [3.63, 3.8) is 0 Å². The number of amides is 1. The van der Waals surface area contributed by atoms with Crippen LogP contribution in [-0.4, -0.2) is 23.9 Å². The monoisotopic (exact) mass is 298 g/mol. The number of hydrogen-bond acceptors (Lipinski definition) is 2. The first-order chi connectivity index (χ1) is 9.49. The molecule has 110 valence electrons. The summed E-state index contributed by atoms with van der Waals surface area (Å²) in [4.78, 5) is 13.9. The van der Waals surface area contributed by atoms with Gasteiger partial charge in [-0.05, 0) is 37.8 Å². The first kappa shape index (κ1) is 15.3. The van der Waals surface area contributed by atoms with Crippen LogP contribution in [0.4, 0.5) is 4.39 Å². The molecule has 0 aliphatic heterocycles. The third kappa shape index (κ3) is 3.49. The van der Waals surface area contributed by atoms with E-state index in [0.717, 1.165) is 25.7 Å². The zero-order valence-electron chi connectivity index (χ0n) is 11.6. The highest BCUT2D eigenvalue weighted by molar-refractivity contribution is 6.31. The van der Waals surface area contributed by atoms with Crippen LogP contribution >= 0.6 is 11.6 Å². The van der Waals surface area contributed by atoms with E-state index in [-0.39, 0.29) is 30.2 Å². The molecule has 0 aromatic heterocycles. The number of carbonyl (C=O) groups is 1. The molecular formula is C15H20ClFN2O. The van der Waals surface area contributed by atoms with Crippen LogP contribution in [0, 0.1) is 11.7 Å². The van der Waals surface area contributed by atoms with Gasteiger partial charge in [-0.3, -0.25) is 4.79 Å². The summed E-state index contributed by atoms with van der Waals surface area (Å²) < 4.78 is 13.7. The van der Waals surface area contributed by atoms with Gasteiger partial charge in [0, 0.05) is 36.1 Å². The Balaban J connectivity index is 2.01. The molecule has 2 rings (SSSR count). The number of rotatable bonds is 3. The second kappa shape index (κ2) is 6.55. The van der Waals surface area contributed by atoms with Gasteiger partial charge in [0.2, 0.25) is 5.91 Å². The molecule has 2 N–H and O–H groups in total. The van der Waals surface area contributed by atoms with Crippen molar-refractivity contribution in [1.29, 1.82) is 0 Å². The quantitative estimate of drug-likeness (QED) is 0.932. The molecule has 1 saturated carbocycles. The minimum atomic E-state index is -0.372. The fraction of sp³-hybridized carbons (Fsp3) is 0.533. The number of carbonyl (C=O) groups excluding carboxylic acids is 1. The molecule has 1 fully saturated rings. The smallest absolute Gasteiger partial charge is 0.225 e. The largest absolute Gasteiger partial charge is 0.341 e. The molecule has 1 aliphatic rings. The maximum Gasteiger partial charge on any atom is 0.225 e. The Morgan fingerprint density at radius 2 is 2.05 bits per heavy atom. The van der Waals surface area contributed by atoms with E-state index in [0.29, 0.717) is 10.6 Å². The topological polar surface area (TPSA) is 46.3 Å². The zero-order chi connectivity index (χ0) is 14.7. The third-order valence-corrected chi connectivity index (χ3v) is 4.31. The van der Waals surface area contributed by atoms with E-state index in [4.69, 9.17) is 17.3 Å². The van der Waals surface area contributed by atoms with E-state index < -0.39 is 0 Å². The lowest BCUT2D eigenvalue weighted by Gasteiger charge is -2.29. The summed E-state index contributed by atoms with van der Waals surface area (Å²) in [5.41, 5.74) is 6.22. The molecule has 20 heavy (non-hydrogen) atoms. The van der Waals surface area contributed by atoms with Crippen molar-refractivity contribution >= 4 is 17.5 Å². The third-order valence-electron chi connectivity index (χ3n) is 3.95. The molecule has 1 aromatic rings. The Bertz CT molecular complexity index is 467. The van der Waals surface area contributed by atoms with E-state index >= 15 is 0 Å². The Morgan fingerprint density at radius 3 is 2.65 bits per heavy atom. The summed E-state index contributed by atoms with van der Waals surface area (Å²) in [5, 5.41) is 0.357. The zero-order valence-corrected chi connectivity index (χ0v) is 12.4. The highest BCUT2D eigenvalue weighted by Crippen LogP contribution is 2.26. The van der Waals surface area contributed by atoms with Gasteiger partial charge in [-0.25, -0.2) is 4.39 Å². The lowest BCUT2D eigenvalue weighted by Crippen LogP contribution is -2.37. The van der Waals surface area contributed by atoms with Crippen LogP contribution in [0.2, 0.25) is 5.02 Å². The van der Waals surface area contributed by atoms with E-state index in [1.807, 2.05) is 0 Å². The molecule has 0 atom stereocenters. The maximum atomic E-state index is 13.7. The standard InChI is InChI=1S/C15H20ClFN2O/c1-19(9-12-13(16)3-2-4-14(12)17)15(20)10-5-7-11(18)8-6-10/h2-4,10-11H,5-9,18H2,1H3. The van der Waals surface area contributed by atoms with Crippen LogP contribution in [0.5, 0.6) is 0 Å². The van der Waals surface area contributed by atoms with Crippen LogP contribution in [0.3, 0.4) is 0 Å². The van der Waals surface area contributed by atoms with Gasteiger partial charge in [0.25, 0.3) is 0 Å². The molecule has 0 bridgehead atoms. The SMILES string of the molecule is CN(Cc1c(F)cccc1Cl)C(=O)C1CCC(N)CC1. The second-order valence-corrected chi connectivity index (χ2v) is 5.91. The first-order valence-corrected chi connectivity index (χ1v) is 7.30. The highest BCUT2D eigenvalue weighted by atomic mass is 35.5. The van der Waals surface area contributed by atoms with Crippen LogP contribution in [0.15, 0.2) is 18.2 Å². The number of hydrogen-bond donors (Lipinski definition) is 1. The number of nitrogens with zero attached hydrogens (tertiary/aromatic N) is 1. The average Bonchev–Trinajstić information content (AvgIpc) is 2.43. The summed E-state index contributed by atoms with van der Waals surface area (Å²) >= 11 is 5.99. The van der Waals surface area contributed by atoms with E-state index in [2.05, 4.69) is 0 Å². The van der Waals surface area contributed by atoms with Crippen molar-refractivity contribution in [3.05, 3.63) is 34.6 Å². The molecule has 1 aromatic carbocycles. The number of halogens is 2. The molecule has 0 heterocycles. The number of benzene rings is 1. The highest BCUT2D eigenvalue weighted by Gasteiger charge is 2.27. The van der Waals surface area contributed by atoms with Crippen molar-refractivity contribution < 1.29 is 9.18 Å². The fourth-order valence-corrected chi connectivity index (χ4v) is 2.90. The predicted molar refractivity (Wildman–Crippen MR) is 77.8 cm³/mol. The molecule has 1 aliphatic carbocycles. The van der Waals surface area contributed by atoms with Crippen molar-refractivity contribution in [1.82, 2.24) is 4.90 Å². The normalized spacial score (nSPS) is 22.6. The van der Waals surface area contributed by atoms with Gasteiger partial charge in [-0.1, -0.05) is 17.7 Å². The first-order valence-electron chi connectivity index (χ1n) is 6.92. The molecule has 0 unspecified atom stereocenters. The van der Waals surface area contributed by atoms with E-state index in [1.165, 1.54) is 6.07 Å². The van der Waals surface area contributed by atoms with Gasteiger partial charge < -0.3 is 10.6 Å². The molecular weight excluding hydrogens is 279 g/mol. The van der Waals surface area contributed by atoms with Crippen molar-refractivity contribution in [2.24, 2.45) is 11.7 Å². The molecule has 0 saturated heterocycles. The van der Waals surface area contributed by atoms with Gasteiger partial charge in [-0.15, -0.1) is 0 Å². The molecule has 0 spiro atoms. The van der Waals surface area contributed by atoms with Gasteiger partial charge in [0.15, 0.2) is 0 Å². The Hall–Kier alpha value is -1.13. The molecule has 5 heteroatoms. The van der Waals surface area contributed by atoms with Gasteiger partial charge >= 0.3 is 0 Å². The van der Waals surface area contributed by atoms with Gasteiger partial charge in [-0.2, -0.15) is 0 Å². The predicted octanol–water partition coefficient (Wildman–Crippen LogP) is 2.96. The Morgan fingerprint density at radius 1 is 1.40 bits per heavy atom. The van der Waals surface area contributed by atoms with Gasteiger partial charge in [0.1, 0.15) is 5.82 Å². The van der Waals surface area contributed by atoms with Crippen LogP contribution in [0.1, 0.15) is 31.2 Å². The van der Waals surface area contributed by atoms with E-state index in [9.17, 15) is 9.18 Å². The van der Waals surface area contributed by atoms with Crippen LogP contribution in [-0.2, 0) is 11.3 Å². The molecule has 3 nitrogen and oxygen atoms in total. The minimum Gasteiger partial charge on any atom is -0.341 e. The average molecular weight is 299 g/mol. The summed E-state index contributed by atoms with van der Waals surface area (Å²) in [6.07, 6.45) is 3.39. The van der Waals surface area contributed by atoms with Crippen LogP contribution in [0.25, 0.3) is 0 Å². The van der Waals surface area contributed by atoms with Crippen molar-refractivity contribution in [3.8, 4) is 0 Å². The van der Waals surface area contributed by atoms with Gasteiger partial charge in [0.05, 0.1) is 0 Å². The minimum absolute atomic E-state index is 0.00495. The fourth-order valence-electron chi connectivity index (χ4n) is 2.68. The van der Waals surface area contributed by atoms with Crippen LogP contribution < -0.4 is 5.73 Å². The molecule has 1 amide bonds. The summed E-state index contributed by atoms with van der Waals surface area (Å²) in [5.74, 6) is -0.315. The number of nitrogens with two attached hydrogens (primary N) is 1. The summed E-state index contributed by atoms with van der Waals surface area (Å²) in [7, 11) is 1.69. The Labute approximate surface area is 123 Å². The van der Waals surface area contributed by atoms with Crippen molar-refractivity contribution in [2.75, 3.05) is 7.05 Å². The lowest BCUT2D eigenvalue weighted by molar-refractivity contribution is -0.135. The lowest BCUT2D eigenvalue weighted by atomic mass is 9.85. The Kier molecular flexibility index (Phi) is 5.00.